The van der Waals surface area contributed by atoms with Crippen LogP contribution in [0.4, 0.5) is 0 Å². The SMILES string of the molecule is NC(=O)c1n[nH]nc1-c1cccc(CN2CCOCC2)c1. The van der Waals surface area contributed by atoms with E-state index in [2.05, 4.69) is 26.4 Å². The van der Waals surface area contributed by atoms with Gasteiger partial charge in [0.2, 0.25) is 0 Å². The van der Waals surface area contributed by atoms with Crippen molar-refractivity contribution in [2.24, 2.45) is 5.73 Å². The topological polar surface area (TPSA) is 97.1 Å². The molecular weight excluding hydrogens is 270 g/mol. The number of hydrogen-bond acceptors (Lipinski definition) is 5. The monoisotopic (exact) mass is 287 g/mol. The summed E-state index contributed by atoms with van der Waals surface area (Å²) in [5.41, 5.74) is 7.95. The number of nitrogens with one attached hydrogen (secondary N) is 1. The molecule has 2 aromatic rings. The molecule has 7 nitrogen and oxygen atoms in total. The fourth-order valence-electron chi connectivity index (χ4n) is 2.44. The number of hydrogen-bond donors (Lipinski definition) is 2. The van der Waals surface area contributed by atoms with Crippen LogP contribution in [0.2, 0.25) is 0 Å². The highest BCUT2D eigenvalue weighted by Crippen LogP contribution is 2.21. The molecule has 0 aliphatic carbocycles. The second-order valence-electron chi connectivity index (χ2n) is 4.97. The summed E-state index contributed by atoms with van der Waals surface area (Å²) in [5.74, 6) is -0.586. The highest BCUT2D eigenvalue weighted by Gasteiger charge is 2.16. The summed E-state index contributed by atoms with van der Waals surface area (Å²) in [7, 11) is 0. The Hall–Kier alpha value is -2.25. The summed E-state index contributed by atoms with van der Waals surface area (Å²) in [4.78, 5) is 13.7. The summed E-state index contributed by atoms with van der Waals surface area (Å²) in [6.07, 6.45) is 0. The normalized spacial score (nSPS) is 16.0. The van der Waals surface area contributed by atoms with E-state index in [1.807, 2.05) is 18.2 Å². The molecule has 0 unspecified atom stereocenters. The second-order valence-corrected chi connectivity index (χ2v) is 4.97. The van der Waals surface area contributed by atoms with E-state index in [0.717, 1.165) is 44.0 Å². The number of aromatic nitrogens is 3. The Labute approximate surface area is 122 Å². The number of rotatable bonds is 4. The van der Waals surface area contributed by atoms with Gasteiger partial charge in [-0.25, -0.2) is 0 Å². The third-order valence-electron chi connectivity index (χ3n) is 3.49. The number of ether oxygens (including phenoxy) is 1. The van der Waals surface area contributed by atoms with Crippen LogP contribution in [0.25, 0.3) is 11.3 Å². The van der Waals surface area contributed by atoms with Crippen LogP contribution in [0, 0.1) is 0 Å². The van der Waals surface area contributed by atoms with E-state index in [-0.39, 0.29) is 5.69 Å². The molecule has 2 heterocycles. The van der Waals surface area contributed by atoms with Crippen molar-refractivity contribution < 1.29 is 9.53 Å². The molecule has 7 heteroatoms. The molecule has 1 saturated heterocycles. The molecule has 1 amide bonds. The van der Waals surface area contributed by atoms with Gasteiger partial charge in [-0.3, -0.25) is 9.69 Å². The van der Waals surface area contributed by atoms with Gasteiger partial charge in [0.05, 0.1) is 13.2 Å². The lowest BCUT2D eigenvalue weighted by molar-refractivity contribution is 0.0342. The molecule has 0 radical (unpaired) electrons. The lowest BCUT2D eigenvalue weighted by atomic mass is 10.1. The van der Waals surface area contributed by atoms with Crippen LogP contribution < -0.4 is 5.73 Å². The van der Waals surface area contributed by atoms with Gasteiger partial charge in [-0.1, -0.05) is 18.2 Å². The average Bonchev–Trinajstić information content (AvgIpc) is 2.98. The van der Waals surface area contributed by atoms with Crippen molar-refractivity contribution in [2.75, 3.05) is 26.3 Å². The van der Waals surface area contributed by atoms with Crippen LogP contribution in [0.3, 0.4) is 0 Å². The Kier molecular flexibility index (Phi) is 3.94. The van der Waals surface area contributed by atoms with E-state index in [1.165, 1.54) is 0 Å². The smallest absolute Gasteiger partial charge is 0.271 e. The quantitative estimate of drug-likeness (QED) is 0.848. The number of primary amides is 1. The minimum Gasteiger partial charge on any atom is -0.379 e. The third kappa shape index (κ3) is 3.09. The maximum absolute atomic E-state index is 11.3. The van der Waals surface area contributed by atoms with Crippen molar-refractivity contribution in [1.29, 1.82) is 0 Å². The molecule has 1 aliphatic rings. The maximum atomic E-state index is 11.3. The standard InChI is InChI=1S/C14H17N5O2/c15-14(20)13-12(16-18-17-13)11-3-1-2-10(8-11)9-19-4-6-21-7-5-19/h1-3,8H,4-7,9H2,(H2,15,20)(H,16,17,18). The van der Waals surface area contributed by atoms with E-state index in [0.29, 0.717) is 5.69 Å². The number of carbonyl (C=O) groups excluding carboxylic acids is 1. The predicted octanol–water partition coefficient (Wildman–Crippen LogP) is 0.403. The van der Waals surface area contributed by atoms with E-state index < -0.39 is 5.91 Å². The van der Waals surface area contributed by atoms with Crippen LogP contribution in [0.5, 0.6) is 0 Å². The van der Waals surface area contributed by atoms with E-state index >= 15 is 0 Å². The molecule has 1 fully saturated rings. The number of nitrogens with zero attached hydrogens (tertiary/aromatic N) is 3. The van der Waals surface area contributed by atoms with Crippen molar-refractivity contribution in [2.45, 2.75) is 6.54 Å². The zero-order valence-electron chi connectivity index (χ0n) is 11.6. The second kappa shape index (κ2) is 6.02. The first-order valence-electron chi connectivity index (χ1n) is 6.84. The zero-order valence-corrected chi connectivity index (χ0v) is 11.6. The average molecular weight is 287 g/mol. The predicted molar refractivity (Wildman–Crippen MR) is 76.4 cm³/mol. The number of amides is 1. The molecule has 0 saturated carbocycles. The molecule has 3 rings (SSSR count). The lowest BCUT2D eigenvalue weighted by Gasteiger charge is -2.26. The Morgan fingerprint density at radius 1 is 1.33 bits per heavy atom. The summed E-state index contributed by atoms with van der Waals surface area (Å²) in [6.45, 7) is 4.26. The molecule has 3 N–H and O–H groups in total. The Bertz CT molecular complexity index is 634. The first-order valence-corrected chi connectivity index (χ1v) is 6.84. The Balaban J connectivity index is 1.82. The van der Waals surface area contributed by atoms with Crippen molar-refractivity contribution in [1.82, 2.24) is 20.3 Å². The molecule has 0 atom stereocenters. The highest BCUT2D eigenvalue weighted by molar-refractivity contribution is 5.96. The van der Waals surface area contributed by atoms with Crippen LogP contribution in [0.1, 0.15) is 16.1 Å². The van der Waals surface area contributed by atoms with Crippen LogP contribution in [0.15, 0.2) is 24.3 Å². The first-order chi connectivity index (χ1) is 10.2. The molecular formula is C14H17N5O2. The van der Waals surface area contributed by atoms with Crippen LogP contribution in [-0.4, -0.2) is 52.5 Å². The summed E-state index contributed by atoms with van der Waals surface area (Å²) >= 11 is 0. The van der Waals surface area contributed by atoms with Gasteiger partial charge < -0.3 is 10.5 Å². The molecule has 1 aliphatic heterocycles. The molecule has 1 aromatic carbocycles. The number of nitrogens with two attached hydrogens (primary N) is 1. The molecule has 0 spiro atoms. The zero-order chi connectivity index (χ0) is 14.7. The van der Waals surface area contributed by atoms with Crippen LogP contribution in [-0.2, 0) is 11.3 Å². The minimum atomic E-state index is -0.586. The van der Waals surface area contributed by atoms with Crippen LogP contribution >= 0.6 is 0 Å². The summed E-state index contributed by atoms with van der Waals surface area (Å²) in [5, 5.41) is 10.3. The van der Waals surface area contributed by atoms with E-state index in [1.54, 1.807) is 0 Å². The largest absolute Gasteiger partial charge is 0.379 e. The number of benzene rings is 1. The molecule has 1 aromatic heterocycles. The Morgan fingerprint density at radius 3 is 2.90 bits per heavy atom. The number of H-pyrrole nitrogens is 1. The van der Waals surface area contributed by atoms with Crippen molar-refractivity contribution in [3.05, 3.63) is 35.5 Å². The van der Waals surface area contributed by atoms with Gasteiger partial charge in [0, 0.05) is 25.2 Å². The van der Waals surface area contributed by atoms with Crippen molar-refractivity contribution in [3.63, 3.8) is 0 Å². The van der Waals surface area contributed by atoms with Crippen molar-refractivity contribution >= 4 is 5.91 Å². The Morgan fingerprint density at radius 2 is 2.14 bits per heavy atom. The molecule has 110 valence electrons. The van der Waals surface area contributed by atoms with Gasteiger partial charge in [0.15, 0.2) is 5.69 Å². The van der Waals surface area contributed by atoms with Gasteiger partial charge in [0.1, 0.15) is 5.69 Å². The van der Waals surface area contributed by atoms with Gasteiger partial charge in [0.25, 0.3) is 5.91 Å². The van der Waals surface area contributed by atoms with E-state index in [9.17, 15) is 4.79 Å². The number of carbonyl (C=O) groups is 1. The summed E-state index contributed by atoms with van der Waals surface area (Å²) in [6, 6.07) is 7.92. The van der Waals surface area contributed by atoms with Gasteiger partial charge in [-0.05, 0) is 11.6 Å². The first kappa shape index (κ1) is 13.7. The van der Waals surface area contributed by atoms with E-state index in [4.69, 9.17) is 10.5 Å². The number of morpholine rings is 1. The lowest BCUT2D eigenvalue weighted by Crippen LogP contribution is -2.35. The molecule has 21 heavy (non-hydrogen) atoms. The summed E-state index contributed by atoms with van der Waals surface area (Å²) < 4.78 is 5.35. The van der Waals surface area contributed by atoms with Crippen molar-refractivity contribution in [3.8, 4) is 11.3 Å². The third-order valence-corrected chi connectivity index (χ3v) is 3.49. The number of aromatic amines is 1. The minimum absolute atomic E-state index is 0.165. The van der Waals surface area contributed by atoms with Gasteiger partial charge in [-0.15, -0.1) is 0 Å². The maximum Gasteiger partial charge on any atom is 0.271 e. The fraction of sp³-hybridized carbons (Fsp3) is 0.357. The van der Waals surface area contributed by atoms with Gasteiger partial charge in [-0.2, -0.15) is 15.4 Å². The fourth-order valence-corrected chi connectivity index (χ4v) is 2.44. The molecule has 0 bridgehead atoms. The van der Waals surface area contributed by atoms with Gasteiger partial charge >= 0.3 is 0 Å². The highest BCUT2D eigenvalue weighted by atomic mass is 16.5.